The number of carboxylic acids is 1. The third-order valence-electron chi connectivity index (χ3n) is 4.51. The maximum Gasteiger partial charge on any atom is 0.326 e. The van der Waals surface area contributed by atoms with E-state index < -0.39 is 79.1 Å². The Morgan fingerprint density at radius 1 is 0.765 bits per heavy atom. The molecule has 4 atom stereocenters. The van der Waals surface area contributed by atoms with Crippen molar-refractivity contribution in [2.24, 2.45) is 17.2 Å². The first-order chi connectivity index (χ1) is 15.9. The smallest absolute Gasteiger partial charge is 0.326 e. The van der Waals surface area contributed by atoms with E-state index in [1.807, 2.05) is 0 Å². The fourth-order valence-corrected chi connectivity index (χ4v) is 2.78. The summed E-state index contributed by atoms with van der Waals surface area (Å²) < 4.78 is 0. The van der Waals surface area contributed by atoms with Gasteiger partial charge >= 0.3 is 5.97 Å². The van der Waals surface area contributed by atoms with Crippen LogP contribution in [-0.4, -0.2) is 76.5 Å². The van der Waals surface area contributed by atoms with E-state index in [0.717, 1.165) is 0 Å². The third kappa shape index (κ3) is 9.62. The molecular weight excluding hydrogens is 452 g/mol. The Morgan fingerprint density at radius 2 is 1.21 bits per heavy atom. The van der Waals surface area contributed by atoms with Gasteiger partial charge in [-0.3, -0.25) is 24.0 Å². The van der Waals surface area contributed by atoms with Gasteiger partial charge in [-0.05, 0) is 5.56 Å². The summed E-state index contributed by atoms with van der Waals surface area (Å²) in [6, 6.07) is 2.38. The van der Waals surface area contributed by atoms with Gasteiger partial charge in [0.05, 0.1) is 19.4 Å². The Balaban J connectivity index is 3.01. The van der Waals surface area contributed by atoms with Crippen LogP contribution in [0.5, 0.6) is 0 Å². The largest absolute Gasteiger partial charge is 0.480 e. The van der Waals surface area contributed by atoms with Gasteiger partial charge in [-0.1, -0.05) is 30.3 Å². The van der Waals surface area contributed by atoms with Crippen LogP contribution in [0.2, 0.25) is 0 Å². The number of aliphatic hydroxyl groups is 1. The lowest BCUT2D eigenvalue weighted by Gasteiger charge is -2.24. The minimum absolute atomic E-state index is 0.0848. The molecule has 1 rings (SSSR count). The second-order valence-corrected chi connectivity index (χ2v) is 7.34. The molecule has 0 aromatic heterocycles. The van der Waals surface area contributed by atoms with Crippen molar-refractivity contribution < 1.29 is 39.0 Å². The lowest BCUT2D eigenvalue weighted by atomic mass is 10.0. The number of carbonyl (C=O) groups excluding carboxylic acids is 5. The number of benzene rings is 1. The van der Waals surface area contributed by atoms with Crippen LogP contribution in [0.1, 0.15) is 18.4 Å². The summed E-state index contributed by atoms with van der Waals surface area (Å²) >= 11 is 0. The number of amides is 5. The maximum absolute atomic E-state index is 12.7. The number of aliphatic carboxylic acids is 1. The van der Waals surface area contributed by atoms with Gasteiger partial charge in [0.1, 0.15) is 24.2 Å². The molecule has 1 aromatic carbocycles. The van der Waals surface area contributed by atoms with Crippen LogP contribution in [0.25, 0.3) is 0 Å². The average molecular weight is 480 g/mol. The third-order valence-corrected chi connectivity index (χ3v) is 4.51. The van der Waals surface area contributed by atoms with Crippen LogP contribution >= 0.6 is 0 Å². The molecule has 186 valence electrons. The Bertz CT molecular complexity index is 910. The van der Waals surface area contributed by atoms with Crippen LogP contribution < -0.4 is 33.2 Å². The summed E-state index contributed by atoms with van der Waals surface area (Å²) in [6.07, 6.45) is -1.48. The number of nitrogens with two attached hydrogens (primary N) is 3. The molecule has 0 radical (unpaired) electrons. The number of primary amides is 2. The van der Waals surface area contributed by atoms with E-state index in [1.165, 1.54) is 0 Å². The highest BCUT2D eigenvalue weighted by Crippen LogP contribution is 2.05. The van der Waals surface area contributed by atoms with Crippen molar-refractivity contribution in [1.29, 1.82) is 0 Å². The van der Waals surface area contributed by atoms with E-state index in [4.69, 9.17) is 22.3 Å². The topological polar surface area (TPSA) is 257 Å². The van der Waals surface area contributed by atoms with Gasteiger partial charge in [0.25, 0.3) is 0 Å². The summed E-state index contributed by atoms with van der Waals surface area (Å²) in [5, 5.41) is 24.9. The molecule has 0 heterocycles. The van der Waals surface area contributed by atoms with Gasteiger partial charge in [0.2, 0.25) is 29.5 Å². The quantitative estimate of drug-likeness (QED) is 0.128. The number of rotatable bonds is 14. The van der Waals surface area contributed by atoms with E-state index >= 15 is 0 Å². The van der Waals surface area contributed by atoms with Crippen LogP contribution in [0.3, 0.4) is 0 Å². The molecule has 0 saturated carbocycles. The standard InChI is InChI=1S/C20H28N6O8/c21-11(9-27)17(30)24-12(7-15(22)28)18(31)25-13(8-16(23)29)19(32)26-14(20(33)34)6-10-4-2-1-3-5-10/h1-5,11-14,27H,6-9,21H2,(H2,22,28)(H2,23,29)(H,24,30)(H,25,31)(H,26,32)(H,33,34). The monoisotopic (exact) mass is 480 g/mol. The van der Waals surface area contributed by atoms with Crippen LogP contribution in [-0.2, 0) is 35.2 Å². The van der Waals surface area contributed by atoms with Crippen LogP contribution in [0, 0.1) is 0 Å². The van der Waals surface area contributed by atoms with Gasteiger partial charge in [0.15, 0.2) is 0 Å². The Kier molecular flexibility index (Phi) is 11.1. The zero-order valence-electron chi connectivity index (χ0n) is 18.1. The van der Waals surface area contributed by atoms with Crippen molar-refractivity contribution in [3.05, 3.63) is 35.9 Å². The summed E-state index contributed by atoms with van der Waals surface area (Å²) in [6.45, 7) is -0.749. The lowest BCUT2D eigenvalue weighted by Crippen LogP contribution is -2.58. The minimum atomic E-state index is -1.62. The molecule has 1 aromatic rings. The summed E-state index contributed by atoms with van der Waals surface area (Å²) in [7, 11) is 0. The van der Waals surface area contributed by atoms with Crippen molar-refractivity contribution in [1.82, 2.24) is 16.0 Å². The molecule has 14 heteroatoms. The Hall–Kier alpha value is -4.04. The number of carboxylic acid groups (broad SMARTS) is 1. The second-order valence-electron chi connectivity index (χ2n) is 7.34. The van der Waals surface area contributed by atoms with Gasteiger partial charge in [-0.15, -0.1) is 0 Å². The first-order valence-electron chi connectivity index (χ1n) is 10.1. The van der Waals surface area contributed by atoms with Crippen LogP contribution in [0.4, 0.5) is 0 Å². The first-order valence-corrected chi connectivity index (χ1v) is 10.1. The fraction of sp³-hybridized carbons (Fsp3) is 0.400. The predicted octanol–water partition coefficient (Wildman–Crippen LogP) is -4.16. The van der Waals surface area contributed by atoms with E-state index in [2.05, 4.69) is 16.0 Å². The summed E-state index contributed by atoms with van der Waals surface area (Å²) in [5.41, 5.74) is 16.2. The minimum Gasteiger partial charge on any atom is -0.480 e. The zero-order valence-corrected chi connectivity index (χ0v) is 18.1. The van der Waals surface area contributed by atoms with Gasteiger partial charge in [0, 0.05) is 6.42 Å². The van der Waals surface area contributed by atoms with Crippen molar-refractivity contribution >= 4 is 35.5 Å². The molecular formula is C20H28N6O8. The zero-order chi connectivity index (χ0) is 25.8. The molecule has 34 heavy (non-hydrogen) atoms. The normalized spacial score (nSPS) is 14.1. The fourth-order valence-electron chi connectivity index (χ4n) is 2.78. The number of nitrogens with one attached hydrogen (secondary N) is 3. The predicted molar refractivity (Wildman–Crippen MR) is 116 cm³/mol. The molecule has 0 bridgehead atoms. The maximum atomic E-state index is 12.7. The van der Waals surface area contributed by atoms with Crippen LogP contribution in [0.15, 0.2) is 30.3 Å². The molecule has 11 N–H and O–H groups in total. The number of hydrogen-bond acceptors (Lipinski definition) is 8. The molecule has 4 unspecified atom stereocenters. The number of carbonyl (C=O) groups is 6. The highest BCUT2D eigenvalue weighted by atomic mass is 16.4. The molecule has 0 aliphatic heterocycles. The molecule has 0 aliphatic rings. The molecule has 0 aliphatic carbocycles. The summed E-state index contributed by atoms with van der Waals surface area (Å²) in [5.74, 6) is -6.44. The number of hydrogen-bond donors (Lipinski definition) is 8. The van der Waals surface area contributed by atoms with E-state index in [0.29, 0.717) is 5.56 Å². The average Bonchev–Trinajstić information content (AvgIpc) is 2.76. The van der Waals surface area contributed by atoms with Crippen molar-refractivity contribution in [3.63, 3.8) is 0 Å². The van der Waals surface area contributed by atoms with Gasteiger partial charge in [-0.2, -0.15) is 0 Å². The van der Waals surface area contributed by atoms with Gasteiger partial charge < -0.3 is 43.4 Å². The molecule has 0 fully saturated rings. The molecule has 14 nitrogen and oxygen atoms in total. The second kappa shape index (κ2) is 13.5. The SMILES string of the molecule is NC(=O)CC(NC(=O)C(N)CO)C(=O)NC(CC(N)=O)C(=O)NC(Cc1ccccc1)C(=O)O. The lowest BCUT2D eigenvalue weighted by molar-refractivity contribution is -0.142. The first kappa shape index (κ1) is 28.0. The molecule has 5 amide bonds. The van der Waals surface area contributed by atoms with Crippen molar-refractivity contribution in [3.8, 4) is 0 Å². The van der Waals surface area contributed by atoms with E-state index in [9.17, 15) is 33.9 Å². The Morgan fingerprint density at radius 3 is 1.62 bits per heavy atom. The molecule has 0 spiro atoms. The van der Waals surface area contributed by atoms with Crippen molar-refractivity contribution in [2.45, 2.75) is 43.4 Å². The number of aliphatic hydroxyl groups excluding tert-OH is 1. The highest BCUT2D eigenvalue weighted by molar-refractivity contribution is 5.97. The highest BCUT2D eigenvalue weighted by Gasteiger charge is 2.32. The van der Waals surface area contributed by atoms with Gasteiger partial charge in [-0.25, -0.2) is 4.79 Å². The van der Waals surface area contributed by atoms with Crippen molar-refractivity contribution in [2.75, 3.05) is 6.61 Å². The Labute approximate surface area is 194 Å². The van der Waals surface area contributed by atoms with E-state index in [1.54, 1.807) is 30.3 Å². The summed E-state index contributed by atoms with van der Waals surface area (Å²) in [4.78, 5) is 71.7. The molecule has 0 saturated heterocycles. The van der Waals surface area contributed by atoms with E-state index in [-0.39, 0.29) is 6.42 Å².